The van der Waals surface area contributed by atoms with Gasteiger partial charge in [-0.25, -0.2) is 29.4 Å². The second-order valence-corrected chi connectivity index (χ2v) is 16.3. The van der Waals surface area contributed by atoms with Crippen LogP contribution in [-0.2, 0) is 6.42 Å². The second-order valence-electron chi connectivity index (χ2n) is 16.3. The quantitative estimate of drug-likeness (QED) is 0.255. The third kappa shape index (κ3) is 6.13. The predicted octanol–water partition coefficient (Wildman–Crippen LogP) is 5.65. The molecule has 6 amide bonds. The Morgan fingerprint density at radius 2 is 1.14 bits per heavy atom. The minimum absolute atomic E-state index is 0.118. The maximum absolute atomic E-state index is 13.6. The number of fused-ring (bicyclic) bond motifs is 4. The highest BCUT2D eigenvalue weighted by molar-refractivity contribution is 6.18. The zero-order valence-corrected chi connectivity index (χ0v) is 32.0. The van der Waals surface area contributed by atoms with E-state index in [-0.39, 0.29) is 34.7 Å². The van der Waals surface area contributed by atoms with E-state index in [1.165, 1.54) is 0 Å². The molecule has 2 aromatic heterocycles. The van der Waals surface area contributed by atoms with E-state index in [4.69, 9.17) is 0 Å². The van der Waals surface area contributed by atoms with E-state index in [1.54, 1.807) is 64.7 Å². The van der Waals surface area contributed by atoms with Gasteiger partial charge >= 0.3 is 12.1 Å². The van der Waals surface area contributed by atoms with Crippen molar-refractivity contribution in [1.82, 2.24) is 29.6 Å². The van der Waals surface area contributed by atoms with Gasteiger partial charge in [-0.2, -0.15) is 0 Å². The normalized spacial score (nSPS) is 20.3. The van der Waals surface area contributed by atoms with Crippen molar-refractivity contribution in [3.8, 4) is 0 Å². The number of para-hydroxylation sites is 1. The van der Waals surface area contributed by atoms with Crippen LogP contribution in [0.1, 0.15) is 46.0 Å². The van der Waals surface area contributed by atoms with Crippen molar-refractivity contribution >= 4 is 58.3 Å². The number of hydrogen-bond donors (Lipinski definition) is 2. The average Bonchev–Trinajstić information content (AvgIpc) is 3.71. The fraction of sp³-hybridized carbons (Fsp3) is 0.381. The third-order valence-electron chi connectivity index (χ3n) is 12.1. The van der Waals surface area contributed by atoms with Gasteiger partial charge in [0.1, 0.15) is 0 Å². The minimum Gasteiger partial charge on any atom is -0.323 e. The molecule has 8 heterocycles. The Balaban J connectivity index is 0.000000147. The lowest BCUT2D eigenvalue weighted by atomic mass is 9.79. The minimum atomic E-state index is -0.229. The fourth-order valence-electron chi connectivity index (χ4n) is 9.29. The summed E-state index contributed by atoms with van der Waals surface area (Å²) >= 11 is 0. The summed E-state index contributed by atoms with van der Waals surface area (Å²) in [5, 5.41) is 5.80. The molecule has 0 radical (unpaired) electrons. The van der Waals surface area contributed by atoms with Crippen LogP contribution in [0.4, 0.5) is 44.0 Å². The van der Waals surface area contributed by atoms with Crippen molar-refractivity contribution in [2.45, 2.75) is 26.2 Å². The molecule has 0 unspecified atom stereocenters. The first-order valence-corrected chi connectivity index (χ1v) is 19.4. The lowest BCUT2D eigenvalue weighted by Crippen LogP contribution is -2.61. The molecule has 14 heteroatoms. The van der Waals surface area contributed by atoms with Gasteiger partial charge in [-0.1, -0.05) is 25.1 Å². The number of rotatable bonds is 1. The molecule has 4 aromatic rings. The number of carbonyl (C=O) groups excluding carboxylic acids is 4. The molecule has 288 valence electrons. The molecule has 0 aliphatic carbocycles. The highest BCUT2D eigenvalue weighted by Crippen LogP contribution is 2.44. The molecule has 4 fully saturated rings. The second kappa shape index (κ2) is 13.7. The predicted molar refractivity (Wildman–Crippen MR) is 214 cm³/mol. The zero-order chi connectivity index (χ0) is 38.8. The topological polar surface area (TPSA) is 138 Å². The molecular weight excluding hydrogens is 709 g/mol. The number of carbonyl (C=O) groups is 4. The van der Waals surface area contributed by atoms with Crippen LogP contribution in [0.2, 0.25) is 0 Å². The molecular formula is C42H46N10O4. The molecule has 14 nitrogen and oxygen atoms in total. The summed E-state index contributed by atoms with van der Waals surface area (Å²) in [4.78, 5) is 73.0. The van der Waals surface area contributed by atoms with Crippen molar-refractivity contribution in [2.24, 2.45) is 10.8 Å². The number of aromatic nitrogens is 2. The third-order valence-corrected chi connectivity index (χ3v) is 12.1. The van der Waals surface area contributed by atoms with Gasteiger partial charge in [0.05, 0.1) is 33.9 Å². The van der Waals surface area contributed by atoms with Crippen LogP contribution < -0.4 is 20.4 Å². The average molecular weight is 755 g/mol. The van der Waals surface area contributed by atoms with Crippen molar-refractivity contribution in [2.75, 3.05) is 86.9 Å². The maximum Gasteiger partial charge on any atom is 0.330 e. The van der Waals surface area contributed by atoms with Gasteiger partial charge in [-0.3, -0.25) is 9.59 Å². The summed E-state index contributed by atoms with van der Waals surface area (Å²) in [5.41, 5.74) is 4.73. The number of hydrogen-bond acceptors (Lipinski definition) is 8. The standard InChI is InChI=1S/C22H25N5O2.C20H21N5O2/c1-3-15-6-7-18-16(11-15)20(28)24-17-5-4-9-23-19(17)27(18)21(29)26-13-22(14-26)8-10-25(2)12-22;1-23-10-8-20(11-23)12-24(13-20)19(27)25-16-7-3-2-5-14(16)18(26)22-15-6-4-9-21-17(15)25/h4-7,9,11H,3,8,10,12-14H2,1-2H3,(H,24,28);2-7,9H,8,10-13H2,1H3,(H,22,26). The van der Waals surface area contributed by atoms with Gasteiger partial charge < -0.3 is 30.2 Å². The van der Waals surface area contributed by atoms with Gasteiger partial charge in [0, 0.05) is 62.5 Å². The van der Waals surface area contributed by atoms with Gasteiger partial charge in [-0.05, 0) is 101 Å². The summed E-state index contributed by atoms with van der Waals surface area (Å²) in [6.07, 6.45) is 6.36. The Morgan fingerprint density at radius 3 is 1.64 bits per heavy atom. The Morgan fingerprint density at radius 1 is 0.643 bits per heavy atom. The number of nitrogens with one attached hydrogen (secondary N) is 2. The van der Waals surface area contributed by atoms with E-state index in [1.807, 2.05) is 41.0 Å². The number of anilines is 6. The summed E-state index contributed by atoms with van der Waals surface area (Å²) in [6.45, 7) is 9.26. The van der Waals surface area contributed by atoms with Crippen molar-refractivity contribution in [3.63, 3.8) is 0 Å². The van der Waals surface area contributed by atoms with Crippen molar-refractivity contribution in [3.05, 3.63) is 95.8 Å². The first-order valence-electron chi connectivity index (χ1n) is 19.4. The molecule has 10 rings (SSSR count). The van der Waals surface area contributed by atoms with Gasteiger partial charge in [0.15, 0.2) is 11.6 Å². The van der Waals surface area contributed by atoms with Crippen molar-refractivity contribution in [1.29, 1.82) is 0 Å². The van der Waals surface area contributed by atoms with Crippen LogP contribution >= 0.6 is 0 Å². The van der Waals surface area contributed by atoms with Crippen LogP contribution in [0.15, 0.2) is 79.1 Å². The number of pyridine rings is 2. The molecule has 2 aromatic carbocycles. The molecule has 0 bridgehead atoms. The first kappa shape index (κ1) is 35.8. The Hall–Kier alpha value is -5.86. The van der Waals surface area contributed by atoms with Crippen LogP contribution in [-0.4, -0.2) is 120 Å². The van der Waals surface area contributed by atoms with Gasteiger partial charge in [0.2, 0.25) is 0 Å². The number of benzene rings is 2. The van der Waals surface area contributed by atoms with Gasteiger partial charge in [0.25, 0.3) is 11.8 Å². The van der Waals surface area contributed by atoms with E-state index < -0.39 is 0 Å². The summed E-state index contributed by atoms with van der Waals surface area (Å²) in [5.74, 6) is 0.494. The van der Waals surface area contributed by atoms with Crippen LogP contribution in [0.3, 0.4) is 0 Å². The number of urea groups is 2. The molecule has 6 aliphatic rings. The summed E-state index contributed by atoms with van der Waals surface area (Å²) in [6, 6.07) is 19.7. The molecule has 2 spiro atoms. The number of aryl methyl sites for hydroxylation is 1. The SMILES string of the molecule is CCc1ccc2c(c1)C(=O)Nc1cccnc1N2C(=O)N1CC2(CCN(C)C2)C1.CN1CCC2(C1)CN(C(=O)N1c3ccccc3C(=O)Nc3cccnc31)C2. The highest BCUT2D eigenvalue weighted by Gasteiger charge is 2.51. The van der Waals surface area contributed by atoms with E-state index in [0.717, 1.165) is 77.2 Å². The molecule has 0 atom stereocenters. The first-order chi connectivity index (χ1) is 27.1. The van der Waals surface area contributed by atoms with E-state index in [0.29, 0.717) is 45.5 Å². The largest absolute Gasteiger partial charge is 0.330 e. The molecule has 4 saturated heterocycles. The molecule has 2 N–H and O–H groups in total. The lowest BCUT2D eigenvalue weighted by Gasteiger charge is -2.49. The Labute approximate surface area is 326 Å². The van der Waals surface area contributed by atoms with Crippen molar-refractivity contribution < 1.29 is 19.2 Å². The molecule has 6 aliphatic heterocycles. The Bertz CT molecular complexity index is 2250. The van der Waals surface area contributed by atoms with E-state index in [9.17, 15) is 19.2 Å². The lowest BCUT2D eigenvalue weighted by molar-refractivity contribution is 0.0445. The fourth-order valence-corrected chi connectivity index (χ4v) is 9.29. The van der Waals surface area contributed by atoms with E-state index in [2.05, 4.69) is 44.5 Å². The smallest absolute Gasteiger partial charge is 0.323 e. The molecule has 0 saturated carbocycles. The van der Waals surface area contributed by atoms with Gasteiger partial charge in [-0.15, -0.1) is 0 Å². The van der Waals surface area contributed by atoms with Crippen LogP contribution in [0.25, 0.3) is 0 Å². The zero-order valence-electron chi connectivity index (χ0n) is 32.0. The number of nitrogens with zero attached hydrogens (tertiary/aromatic N) is 8. The summed E-state index contributed by atoms with van der Waals surface area (Å²) < 4.78 is 0. The maximum atomic E-state index is 13.6. The number of amides is 6. The molecule has 56 heavy (non-hydrogen) atoms. The Kier molecular flexibility index (Phi) is 8.77. The highest BCUT2D eigenvalue weighted by atomic mass is 16.2. The van der Waals surface area contributed by atoms with Crippen LogP contribution in [0.5, 0.6) is 0 Å². The monoisotopic (exact) mass is 754 g/mol. The number of likely N-dealkylation sites (tertiary alicyclic amines) is 4. The van der Waals surface area contributed by atoms with Crippen LogP contribution in [0, 0.1) is 10.8 Å². The van der Waals surface area contributed by atoms with E-state index >= 15 is 0 Å². The summed E-state index contributed by atoms with van der Waals surface area (Å²) in [7, 11) is 4.26.